The summed E-state index contributed by atoms with van der Waals surface area (Å²) in [5.74, 6) is 0. The minimum atomic E-state index is -0.431. The molecule has 1 amide bonds. The van der Waals surface area contributed by atoms with Gasteiger partial charge in [-0.2, -0.15) is 15.6 Å². The molecular weight excluding hydrogens is 246 g/mol. The number of cyclic esters (lactones) is 1. The SMILES string of the molecule is N#CC(C#N)=NNc1ccccc1N1CCOC1=O. The second-order valence-corrected chi connectivity index (χ2v) is 3.58. The van der Waals surface area contributed by atoms with E-state index in [9.17, 15) is 4.79 Å². The van der Waals surface area contributed by atoms with Crippen LogP contribution in [-0.4, -0.2) is 25.0 Å². The maximum atomic E-state index is 11.5. The predicted molar refractivity (Wildman–Crippen MR) is 67.4 cm³/mol. The lowest BCUT2D eigenvalue weighted by atomic mass is 10.2. The summed E-state index contributed by atoms with van der Waals surface area (Å²) in [5, 5.41) is 20.9. The van der Waals surface area contributed by atoms with Crippen LogP contribution in [0.5, 0.6) is 0 Å². The number of nitrogens with one attached hydrogen (secondary N) is 1. The van der Waals surface area contributed by atoms with Gasteiger partial charge in [-0.25, -0.2) is 4.79 Å². The molecule has 7 heteroatoms. The highest BCUT2D eigenvalue weighted by molar-refractivity contribution is 6.10. The normalized spacial score (nSPS) is 13.2. The Bertz CT molecular complexity index is 595. The first-order valence-corrected chi connectivity index (χ1v) is 5.43. The van der Waals surface area contributed by atoms with Crippen molar-refractivity contribution < 1.29 is 9.53 Å². The second kappa shape index (κ2) is 5.52. The molecule has 0 saturated carbocycles. The summed E-state index contributed by atoms with van der Waals surface area (Å²) in [6.45, 7) is 0.780. The zero-order valence-electron chi connectivity index (χ0n) is 9.83. The minimum Gasteiger partial charge on any atom is -0.447 e. The summed E-state index contributed by atoms with van der Waals surface area (Å²) in [6.07, 6.45) is -0.431. The topological polar surface area (TPSA) is 102 Å². The van der Waals surface area contributed by atoms with E-state index >= 15 is 0 Å². The molecule has 0 bridgehead atoms. The molecule has 7 nitrogen and oxygen atoms in total. The molecular formula is C12H9N5O2. The van der Waals surface area contributed by atoms with Gasteiger partial charge in [0.25, 0.3) is 0 Å². The van der Waals surface area contributed by atoms with E-state index in [4.69, 9.17) is 15.3 Å². The molecule has 0 spiro atoms. The quantitative estimate of drug-likeness (QED) is 0.650. The van der Waals surface area contributed by atoms with Gasteiger partial charge in [0.15, 0.2) is 0 Å². The fraction of sp³-hybridized carbons (Fsp3) is 0.167. The van der Waals surface area contributed by atoms with Crippen molar-refractivity contribution in [2.75, 3.05) is 23.5 Å². The van der Waals surface area contributed by atoms with E-state index in [1.54, 1.807) is 36.4 Å². The van der Waals surface area contributed by atoms with Crippen LogP contribution < -0.4 is 10.3 Å². The summed E-state index contributed by atoms with van der Waals surface area (Å²) in [6, 6.07) is 10.2. The Balaban J connectivity index is 2.27. The highest BCUT2D eigenvalue weighted by Crippen LogP contribution is 2.27. The van der Waals surface area contributed by atoms with Gasteiger partial charge < -0.3 is 4.74 Å². The van der Waals surface area contributed by atoms with Gasteiger partial charge in [-0.3, -0.25) is 10.3 Å². The van der Waals surface area contributed by atoms with Crippen molar-refractivity contribution in [3.63, 3.8) is 0 Å². The maximum Gasteiger partial charge on any atom is 0.414 e. The number of hydrazone groups is 1. The Morgan fingerprint density at radius 2 is 2.11 bits per heavy atom. The average Bonchev–Trinajstić information content (AvgIpc) is 2.86. The summed E-state index contributed by atoms with van der Waals surface area (Å²) in [7, 11) is 0. The smallest absolute Gasteiger partial charge is 0.414 e. The van der Waals surface area contributed by atoms with E-state index in [0.717, 1.165) is 0 Å². The van der Waals surface area contributed by atoms with Gasteiger partial charge in [-0.05, 0) is 12.1 Å². The van der Waals surface area contributed by atoms with Crippen LogP contribution in [0.1, 0.15) is 0 Å². The molecule has 1 N–H and O–H groups in total. The third-order valence-corrected chi connectivity index (χ3v) is 2.46. The minimum absolute atomic E-state index is 0.293. The molecule has 0 aromatic heterocycles. The Morgan fingerprint density at radius 1 is 1.37 bits per heavy atom. The van der Waals surface area contributed by atoms with E-state index < -0.39 is 6.09 Å². The van der Waals surface area contributed by atoms with Crippen LogP contribution in [0.15, 0.2) is 29.4 Å². The van der Waals surface area contributed by atoms with Crippen molar-refractivity contribution in [3.8, 4) is 12.1 Å². The highest BCUT2D eigenvalue weighted by Gasteiger charge is 2.25. The molecule has 0 unspecified atom stereocenters. The van der Waals surface area contributed by atoms with Gasteiger partial charge in [0, 0.05) is 0 Å². The number of benzene rings is 1. The molecule has 1 fully saturated rings. The lowest BCUT2D eigenvalue weighted by molar-refractivity contribution is 0.181. The molecule has 1 aliphatic rings. The lowest BCUT2D eigenvalue weighted by Gasteiger charge is -2.16. The van der Waals surface area contributed by atoms with Crippen molar-refractivity contribution in [3.05, 3.63) is 24.3 Å². The van der Waals surface area contributed by atoms with Crippen LogP contribution in [-0.2, 0) is 4.74 Å². The van der Waals surface area contributed by atoms with E-state index in [2.05, 4.69) is 10.5 Å². The van der Waals surface area contributed by atoms with Gasteiger partial charge in [0.2, 0.25) is 5.71 Å². The number of nitriles is 2. The second-order valence-electron chi connectivity index (χ2n) is 3.58. The molecule has 0 aliphatic carbocycles. The lowest BCUT2D eigenvalue weighted by Crippen LogP contribution is -2.24. The van der Waals surface area contributed by atoms with Gasteiger partial charge >= 0.3 is 6.09 Å². The third-order valence-electron chi connectivity index (χ3n) is 2.46. The molecule has 1 heterocycles. The van der Waals surface area contributed by atoms with E-state index in [-0.39, 0.29) is 5.71 Å². The van der Waals surface area contributed by atoms with Crippen molar-refractivity contribution in [2.45, 2.75) is 0 Å². The van der Waals surface area contributed by atoms with Crippen LogP contribution in [0, 0.1) is 22.7 Å². The molecule has 2 rings (SSSR count). The number of rotatable bonds is 3. The molecule has 1 aromatic rings. The zero-order chi connectivity index (χ0) is 13.7. The van der Waals surface area contributed by atoms with E-state index in [1.807, 2.05) is 0 Å². The van der Waals surface area contributed by atoms with E-state index in [1.165, 1.54) is 4.90 Å². The van der Waals surface area contributed by atoms with Gasteiger partial charge in [-0.1, -0.05) is 12.1 Å². The number of amides is 1. The Labute approximate surface area is 109 Å². The molecule has 0 radical (unpaired) electrons. The van der Waals surface area contributed by atoms with Crippen molar-refractivity contribution in [1.82, 2.24) is 0 Å². The fourth-order valence-electron chi connectivity index (χ4n) is 1.61. The van der Waals surface area contributed by atoms with Gasteiger partial charge in [0.05, 0.1) is 17.9 Å². The standard InChI is InChI=1S/C12H9N5O2/c13-7-9(8-14)15-16-10-3-1-2-4-11(10)17-5-6-19-12(17)18/h1-4,16H,5-6H2. The largest absolute Gasteiger partial charge is 0.447 e. The van der Waals surface area contributed by atoms with Crippen molar-refractivity contribution in [1.29, 1.82) is 10.5 Å². The first kappa shape index (κ1) is 12.4. The first-order valence-electron chi connectivity index (χ1n) is 5.43. The van der Waals surface area contributed by atoms with Crippen molar-refractivity contribution >= 4 is 23.2 Å². The third kappa shape index (κ3) is 2.61. The van der Waals surface area contributed by atoms with Gasteiger partial charge in [0.1, 0.15) is 18.7 Å². The number of anilines is 2. The fourth-order valence-corrected chi connectivity index (χ4v) is 1.61. The molecule has 1 aliphatic heterocycles. The number of carbonyl (C=O) groups excluding carboxylic acids is 1. The number of hydrogen-bond donors (Lipinski definition) is 1. The van der Waals surface area contributed by atoms with Crippen LogP contribution in [0.2, 0.25) is 0 Å². The number of carbonyl (C=O) groups is 1. The summed E-state index contributed by atoms with van der Waals surface area (Å²) >= 11 is 0. The van der Waals surface area contributed by atoms with Crippen LogP contribution in [0.4, 0.5) is 16.2 Å². The number of nitrogens with zero attached hydrogens (tertiary/aromatic N) is 4. The van der Waals surface area contributed by atoms with Gasteiger partial charge in [-0.15, -0.1) is 0 Å². The Kier molecular flexibility index (Phi) is 3.60. The zero-order valence-corrected chi connectivity index (χ0v) is 9.83. The molecule has 1 aromatic carbocycles. The van der Waals surface area contributed by atoms with Crippen LogP contribution in [0.25, 0.3) is 0 Å². The first-order chi connectivity index (χ1) is 9.26. The molecule has 1 saturated heterocycles. The van der Waals surface area contributed by atoms with E-state index in [0.29, 0.717) is 24.5 Å². The molecule has 94 valence electrons. The monoisotopic (exact) mass is 255 g/mol. The summed E-state index contributed by atoms with van der Waals surface area (Å²) in [4.78, 5) is 13.0. The average molecular weight is 255 g/mol. The van der Waals surface area contributed by atoms with Crippen LogP contribution >= 0.6 is 0 Å². The van der Waals surface area contributed by atoms with Crippen molar-refractivity contribution in [2.24, 2.45) is 5.10 Å². The summed E-state index contributed by atoms with van der Waals surface area (Å²) in [5.41, 5.74) is 3.42. The Hall–Kier alpha value is -3.06. The maximum absolute atomic E-state index is 11.5. The number of ether oxygens (including phenoxy) is 1. The number of para-hydroxylation sites is 2. The van der Waals surface area contributed by atoms with Crippen LogP contribution in [0.3, 0.4) is 0 Å². The highest BCUT2D eigenvalue weighted by atomic mass is 16.6. The molecule has 19 heavy (non-hydrogen) atoms. The predicted octanol–water partition coefficient (Wildman–Crippen LogP) is 1.46. The summed E-state index contributed by atoms with van der Waals surface area (Å²) < 4.78 is 4.86. The number of hydrogen-bond acceptors (Lipinski definition) is 6. The molecule has 0 atom stereocenters. The Morgan fingerprint density at radius 3 is 2.74 bits per heavy atom.